The van der Waals surface area contributed by atoms with Crippen LogP contribution >= 0.6 is 11.3 Å². The van der Waals surface area contributed by atoms with Crippen molar-refractivity contribution in [3.8, 4) is 0 Å². The van der Waals surface area contributed by atoms with Gasteiger partial charge in [-0.3, -0.25) is 9.78 Å². The summed E-state index contributed by atoms with van der Waals surface area (Å²) in [5, 5.41) is 4.03. The minimum atomic E-state index is -0.0931. The number of thiazole rings is 1. The van der Waals surface area contributed by atoms with E-state index >= 15 is 0 Å². The highest BCUT2D eigenvalue weighted by Crippen LogP contribution is 2.26. The summed E-state index contributed by atoms with van der Waals surface area (Å²) in [6, 6.07) is 5.83. The number of pyridine rings is 1. The van der Waals surface area contributed by atoms with Crippen molar-refractivity contribution in [2.45, 2.75) is 19.9 Å². The maximum absolute atomic E-state index is 12.7. The van der Waals surface area contributed by atoms with Crippen molar-refractivity contribution in [1.29, 1.82) is 0 Å². The van der Waals surface area contributed by atoms with Gasteiger partial charge < -0.3 is 10.2 Å². The molecule has 122 valence electrons. The first-order valence-electron chi connectivity index (χ1n) is 7.93. The van der Waals surface area contributed by atoms with E-state index in [-0.39, 0.29) is 5.91 Å². The molecule has 1 N–H and O–H groups in total. The molecule has 0 bridgehead atoms. The fraction of sp³-hybridized carbons (Fsp3) is 0.278. The van der Waals surface area contributed by atoms with Gasteiger partial charge in [0.15, 0.2) is 0 Å². The molecule has 3 heterocycles. The number of likely N-dealkylation sites (N-methyl/N-ethyl adjacent to an activating group) is 1. The molecule has 1 aliphatic rings. The van der Waals surface area contributed by atoms with E-state index in [0.717, 1.165) is 51.5 Å². The number of aryl methyl sites for hydroxylation is 1. The van der Waals surface area contributed by atoms with Crippen LogP contribution in [0.2, 0.25) is 0 Å². The van der Waals surface area contributed by atoms with Crippen LogP contribution in [0.4, 0.5) is 5.69 Å². The fourth-order valence-electron chi connectivity index (χ4n) is 3.15. The number of amides is 1. The van der Waals surface area contributed by atoms with Gasteiger partial charge in [-0.25, -0.2) is 4.98 Å². The molecule has 0 saturated heterocycles. The molecule has 0 saturated carbocycles. The molecule has 5 nitrogen and oxygen atoms in total. The maximum Gasteiger partial charge on any atom is 0.257 e. The second-order valence-corrected chi connectivity index (χ2v) is 7.42. The van der Waals surface area contributed by atoms with E-state index in [4.69, 9.17) is 0 Å². The molecule has 1 amide bonds. The Morgan fingerprint density at radius 1 is 1.33 bits per heavy atom. The van der Waals surface area contributed by atoms with E-state index in [2.05, 4.69) is 27.2 Å². The van der Waals surface area contributed by atoms with Crippen LogP contribution < -0.4 is 5.32 Å². The van der Waals surface area contributed by atoms with Crippen molar-refractivity contribution in [2.75, 3.05) is 18.9 Å². The van der Waals surface area contributed by atoms with Crippen LogP contribution in [0.1, 0.15) is 26.5 Å². The minimum absolute atomic E-state index is 0.0931. The average molecular weight is 338 g/mol. The van der Waals surface area contributed by atoms with E-state index in [1.807, 2.05) is 31.3 Å². The lowest BCUT2D eigenvalue weighted by Crippen LogP contribution is -2.29. The number of carbonyl (C=O) groups is 1. The van der Waals surface area contributed by atoms with Crippen molar-refractivity contribution in [1.82, 2.24) is 14.9 Å². The van der Waals surface area contributed by atoms with Gasteiger partial charge in [0.1, 0.15) is 0 Å². The number of nitrogens with one attached hydrogen (secondary N) is 1. The molecule has 4 rings (SSSR count). The first-order valence-corrected chi connectivity index (χ1v) is 8.74. The van der Waals surface area contributed by atoms with Gasteiger partial charge in [-0.1, -0.05) is 0 Å². The van der Waals surface area contributed by atoms with Gasteiger partial charge in [0.2, 0.25) is 0 Å². The highest BCUT2D eigenvalue weighted by Gasteiger charge is 2.20. The van der Waals surface area contributed by atoms with E-state index < -0.39 is 0 Å². The van der Waals surface area contributed by atoms with Crippen LogP contribution in [0.25, 0.3) is 10.2 Å². The Bertz CT molecular complexity index is 934. The zero-order chi connectivity index (χ0) is 16.7. The summed E-state index contributed by atoms with van der Waals surface area (Å²) in [4.78, 5) is 23.7. The van der Waals surface area contributed by atoms with E-state index in [1.54, 1.807) is 17.5 Å². The quantitative estimate of drug-likeness (QED) is 0.779. The molecule has 2 aromatic heterocycles. The Labute approximate surface area is 144 Å². The monoisotopic (exact) mass is 338 g/mol. The Hall–Kier alpha value is -2.31. The van der Waals surface area contributed by atoms with Crippen LogP contribution in [-0.2, 0) is 13.0 Å². The molecular formula is C18H18N4OS. The van der Waals surface area contributed by atoms with Crippen LogP contribution in [0.3, 0.4) is 0 Å². The second-order valence-electron chi connectivity index (χ2n) is 6.18. The lowest BCUT2D eigenvalue weighted by atomic mass is 9.97. The summed E-state index contributed by atoms with van der Waals surface area (Å²) in [5.74, 6) is -0.0931. The van der Waals surface area contributed by atoms with Gasteiger partial charge in [0.05, 0.1) is 20.8 Å². The fourth-order valence-corrected chi connectivity index (χ4v) is 4.01. The Morgan fingerprint density at radius 3 is 3.08 bits per heavy atom. The predicted molar refractivity (Wildman–Crippen MR) is 96.6 cm³/mol. The highest BCUT2D eigenvalue weighted by molar-refractivity contribution is 7.18. The van der Waals surface area contributed by atoms with Gasteiger partial charge in [-0.15, -0.1) is 11.3 Å². The van der Waals surface area contributed by atoms with Gasteiger partial charge in [0, 0.05) is 31.2 Å². The Morgan fingerprint density at radius 2 is 2.21 bits per heavy atom. The molecule has 6 heteroatoms. The third kappa shape index (κ3) is 2.79. The lowest BCUT2D eigenvalue weighted by molar-refractivity contribution is 0.102. The number of hydrogen-bond donors (Lipinski definition) is 1. The third-order valence-electron chi connectivity index (χ3n) is 4.33. The molecule has 1 aliphatic heterocycles. The molecule has 0 atom stereocenters. The summed E-state index contributed by atoms with van der Waals surface area (Å²) in [5.41, 5.74) is 4.71. The lowest BCUT2D eigenvalue weighted by Gasteiger charge is -2.26. The molecule has 3 aromatic rings. The zero-order valence-corrected chi connectivity index (χ0v) is 14.5. The van der Waals surface area contributed by atoms with E-state index in [1.165, 1.54) is 0 Å². The zero-order valence-electron chi connectivity index (χ0n) is 13.7. The summed E-state index contributed by atoms with van der Waals surface area (Å²) in [6.45, 7) is 3.79. The molecule has 1 aromatic carbocycles. The van der Waals surface area contributed by atoms with Crippen LogP contribution in [0.15, 0.2) is 30.6 Å². The third-order valence-corrected chi connectivity index (χ3v) is 5.26. The van der Waals surface area contributed by atoms with E-state index in [0.29, 0.717) is 5.56 Å². The normalized spacial score (nSPS) is 14.6. The Kier molecular flexibility index (Phi) is 3.78. The van der Waals surface area contributed by atoms with Crippen molar-refractivity contribution in [3.05, 3.63) is 52.3 Å². The number of hydrogen-bond acceptors (Lipinski definition) is 5. The number of anilines is 1. The number of carbonyl (C=O) groups excluding carboxylic acids is 1. The van der Waals surface area contributed by atoms with Gasteiger partial charge in [-0.2, -0.15) is 0 Å². The number of nitrogens with zero attached hydrogens (tertiary/aromatic N) is 3. The molecule has 24 heavy (non-hydrogen) atoms. The molecule has 0 unspecified atom stereocenters. The molecule has 0 spiro atoms. The van der Waals surface area contributed by atoms with Crippen LogP contribution in [-0.4, -0.2) is 34.4 Å². The van der Waals surface area contributed by atoms with Crippen molar-refractivity contribution in [3.63, 3.8) is 0 Å². The van der Waals surface area contributed by atoms with Crippen molar-refractivity contribution >= 4 is 33.1 Å². The second kappa shape index (κ2) is 5.96. The van der Waals surface area contributed by atoms with Crippen LogP contribution in [0, 0.1) is 6.92 Å². The molecule has 0 radical (unpaired) electrons. The van der Waals surface area contributed by atoms with Gasteiger partial charge >= 0.3 is 0 Å². The van der Waals surface area contributed by atoms with Crippen molar-refractivity contribution < 1.29 is 4.79 Å². The van der Waals surface area contributed by atoms with Crippen molar-refractivity contribution in [2.24, 2.45) is 0 Å². The summed E-state index contributed by atoms with van der Waals surface area (Å²) in [7, 11) is 2.09. The summed E-state index contributed by atoms with van der Waals surface area (Å²) < 4.78 is 1.08. The number of aromatic nitrogens is 2. The minimum Gasteiger partial charge on any atom is -0.322 e. The molecule has 0 fully saturated rings. The highest BCUT2D eigenvalue weighted by atomic mass is 32.1. The number of benzene rings is 1. The maximum atomic E-state index is 12.7. The first-order chi connectivity index (χ1) is 11.6. The SMILES string of the molecule is Cc1nc2ccc(NC(=O)c3cncc4c3CCN(C)C4)cc2s1. The van der Waals surface area contributed by atoms with Gasteiger partial charge in [0.25, 0.3) is 5.91 Å². The summed E-state index contributed by atoms with van der Waals surface area (Å²) >= 11 is 1.63. The number of fused-ring (bicyclic) bond motifs is 2. The van der Waals surface area contributed by atoms with Crippen LogP contribution in [0.5, 0.6) is 0 Å². The average Bonchev–Trinajstić information content (AvgIpc) is 2.93. The largest absolute Gasteiger partial charge is 0.322 e. The Balaban J connectivity index is 1.63. The topological polar surface area (TPSA) is 58.1 Å². The van der Waals surface area contributed by atoms with E-state index in [9.17, 15) is 4.79 Å². The summed E-state index contributed by atoms with van der Waals surface area (Å²) in [6.07, 6.45) is 4.42. The molecule has 0 aliphatic carbocycles. The number of rotatable bonds is 2. The smallest absolute Gasteiger partial charge is 0.257 e. The standard InChI is InChI=1S/C18H18N4OS/c1-11-20-16-4-3-13(7-17(16)24-11)21-18(23)15-9-19-8-12-10-22(2)6-5-14(12)15/h3-4,7-9H,5-6,10H2,1-2H3,(H,21,23). The first kappa shape index (κ1) is 15.2. The van der Waals surface area contributed by atoms with Gasteiger partial charge in [-0.05, 0) is 49.7 Å². The molecular weight excluding hydrogens is 320 g/mol. The predicted octanol–water partition coefficient (Wildman–Crippen LogP) is 3.24.